The molecule has 0 unspecified atom stereocenters. The summed E-state index contributed by atoms with van der Waals surface area (Å²) in [4.78, 5) is 15.4. The number of nitrogens with one attached hydrogen (secondary N) is 2. The van der Waals surface area contributed by atoms with Crippen molar-refractivity contribution in [3.05, 3.63) is 77.1 Å². The highest BCUT2D eigenvalue weighted by atomic mass is 32.2. The van der Waals surface area contributed by atoms with Gasteiger partial charge < -0.3 is 19.9 Å². The molecular weight excluding hydrogens is 440 g/mol. The predicted octanol–water partition coefficient (Wildman–Crippen LogP) is 3.52. The summed E-state index contributed by atoms with van der Waals surface area (Å²) in [6.45, 7) is 4.12. The van der Waals surface area contributed by atoms with Crippen molar-refractivity contribution in [1.82, 2.24) is 20.5 Å². The van der Waals surface area contributed by atoms with Gasteiger partial charge in [-0.1, -0.05) is 67.2 Å². The zero-order valence-electron chi connectivity index (χ0n) is 18.6. The molecule has 8 nitrogen and oxygen atoms in total. The lowest BCUT2D eigenvalue weighted by Gasteiger charge is -2.41. The topological polar surface area (TPSA) is 109 Å². The Labute approximate surface area is 197 Å². The fourth-order valence-corrected chi connectivity index (χ4v) is 4.70. The summed E-state index contributed by atoms with van der Waals surface area (Å²) in [6, 6.07) is 15.8. The molecule has 3 aromatic rings. The van der Waals surface area contributed by atoms with E-state index >= 15 is 0 Å². The molecule has 1 aliphatic heterocycles. The second kappa shape index (κ2) is 10.9. The summed E-state index contributed by atoms with van der Waals surface area (Å²) < 4.78 is 12.9. The summed E-state index contributed by atoms with van der Waals surface area (Å²) in [6.07, 6.45) is 0.711. The van der Waals surface area contributed by atoms with Gasteiger partial charge in [-0.25, -0.2) is 4.98 Å². The first-order chi connectivity index (χ1) is 16.0. The zero-order valence-corrected chi connectivity index (χ0v) is 19.4. The Bertz CT molecular complexity index is 1030. The number of hydrogen-bond acceptors (Lipinski definition) is 7. The largest absolute Gasteiger partial charge is 0.392 e. The summed E-state index contributed by atoms with van der Waals surface area (Å²) in [5.41, 5.74) is 3.83. The Balaban J connectivity index is 1.54. The third kappa shape index (κ3) is 6.00. The molecular formula is C24H28N4O4S. The molecule has 174 valence electrons. The van der Waals surface area contributed by atoms with E-state index in [4.69, 9.17) is 9.47 Å². The predicted molar refractivity (Wildman–Crippen MR) is 124 cm³/mol. The van der Waals surface area contributed by atoms with E-state index in [1.807, 2.05) is 48.5 Å². The van der Waals surface area contributed by atoms with Gasteiger partial charge in [0.2, 0.25) is 5.91 Å². The number of benzene rings is 2. The maximum Gasteiger partial charge on any atom is 0.217 e. The first-order valence-electron chi connectivity index (χ1n) is 10.9. The molecule has 1 aliphatic rings. The molecule has 0 bridgehead atoms. The lowest BCUT2D eigenvalue weighted by atomic mass is 9.91. The van der Waals surface area contributed by atoms with Gasteiger partial charge in [-0.15, -0.1) is 0 Å². The second-order valence-corrected chi connectivity index (χ2v) is 9.08. The summed E-state index contributed by atoms with van der Waals surface area (Å²) in [7, 11) is 0. The van der Waals surface area contributed by atoms with Gasteiger partial charge in [0.1, 0.15) is 6.33 Å². The van der Waals surface area contributed by atoms with E-state index in [-0.39, 0.29) is 30.6 Å². The number of nitrogens with zero attached hydrogens (tertiary/aromatic N) is 2. The van der Waals surface area contributed by atoms with Gasteiger partial charge in [-0.05, 0) is 16.7 Å². The van der Waals surface area contributed by atoms with Crippen molar-refractivity contribution in [2.24, 2.45) is 5.92 Å². The van der Waals surface area contributed by atoms with Crippen molar-refractivity contribution in [3.8, 4) is 0 Å². The Morgan fingerprint density at radius 1 is 1.09 bits per heavy atom. The number of carbonyl (C=O) groups excluding carboxylic acids is 1. The van der Waals surface area contributed by atoms with Crippen LogP contribution in [0, 0.1) is 5.92 Å². The van der Waals surface area contributed by atoms with E-state index < -0.39 is 6.29 Å². The maximum atomic E-state index is 11.2. The molecule has 1 amide bonds. The van der Waals surface area contributed by atoms with Crippen LogP contribution in [-0.2, 0) is 27.4 Å². The van der Waals surface area contributed by atoms with Crippen LogP contribution in [0.4, 0.5) is 0 Å². The molecule has 2 aromatic carbocycles. The number of ether oxygens (including phenoxy) is 2. The van der Waals surface area contributed by atoms with Crippen LogP contribution in [0.3, 0.4) is 0 Å². The lowest BCUT2D eigenvalue weighted by Crippen LogP contribution is -2.38. The molecule has 0 radical (unpaired) electrons. The van der Waals surface area contributed by atoms with Gasteiger partial charge in [-0.3, -0.25) is 9.89 Å². The number of amides is 1. The van der Waals surface area contributed by atoms with Crippen LogP contribution in [0.25, 0.3) is 0 Å². The minimum atomic E-state index is -0.529. The lowest BCUT2D eigenvalue weighted by molar-refractivity contribution is -0.268. The molecule has 1 fully saturated rings. The van der Waals surface area contributed by atoms with Gasteiger partial charge in [0, 0.05) is 30.7 Å². The number of thioether (sulfide) groups is 1. The maximum absolute atomic E-state index is 11.2. The fourth-order valence-electron chi connectivity index (χ4n) is 3.75. The van der Waals surface area contributed by atoms with E-state index in [1.165, 1.54) is 13.3 Å². The average molecular weight is 469 g/mol. The van der Waals surface area contributed by atoms with Gasteiger partial charge >= 0.3 is 0 Å². The number of carbonyl (C=O) groups is 1. The number of H-pyrrole nitrogens is 1. The first-order valence-corrected chi connectivity index (χ1v) is 11.8. The number of hydrogen-bond donors (Lipinski definition) is 3. The standard InChI is InChI=1S/C24H28N4O4S/c1-15-21(13-33-24-26-14-27-28-24)31-23(20-9-3-17(4-10-20)11-25-16(2)30)32-22(15)19-7-5-18(12-29)6-8-19/h3-10,14-15,21-23,29H,11-13H2,1-2H3,(H,25,30)(H,26,27,28)/t15-,21+,22+,23+/m0/s1. The Morgan fingerprint density at radius 3 is 2.42 bits per heavy atom. The zero-order chi connectivity index (χ0) is 23.2. The quantitative estimate of drug-likeness (QED) is 0.434. The van der Waals surface area contributed by atoms with Gasteiger partial charge in [0.15, 0.2) is 11.4 Å². The van der Waals surface area contributed by atoms with Crippen LogP contribution in [0.1, 0.15) is 48.5 Å². The smallest absolute Gasteiger partial charge is 0.217 e. The summed E-state index contributed by atoms with van der Waals surface area (Å²) >= 11 is 1.57. The van der Waals surface area contributed by atoms with Crippen LogP contribution in [-0.4, -0.2) is 38.1 Å². The third-order valence-corrected chi connectivity index (χ3v) is 6.66. The van der Waals surface area contributed by atoms with E-state index in [0.29, 0.717) is 12.3 Å². The molecule has 2 heterocycles. The molecule has 0 saturated carbocycles. The minimum Gasteiger partial charge on any atom is -0.392 e. The molecule has 9 heteroatoms. The van der Waals surface area contributed by atoms with Crippen LogP contribution < -0.4 is 5.32 Å². The first kappa shape index (κ1) is 23.4. The van der Waals surface area contributed by atoms with Crippen LogP contribution >= 0.6 is 11.8 Å². The molecule has 1 saturated heterocycles. The summed E-state index contributed by atoms with van der Waals surface area (Å²) in [5, 5.41) is 19.7. The van der Waals surface area contributed by atoms with Crippen molar-refractivity contribution in [3.63, 3.8) is 0 Å². The minimum absolute atomic E-state index is 0.00831. The Morgan fingerprint density at radius 2 is 1.79 bits per heavy atom. The SMILES string of the molecule is CC(=O)NCc1ccc([C@@H]2O[C@H](CSc3ncn[nH]3)[C@H](C)[C@H](c3ccc(CO)cc3)O2)cc1. The normalized spacial score (nSPS) is 22.8. The van der Waals surface area contributed by atoms with Crippen molar-refractivity contribution in [1.29, 1.82) is 0 Å². The van der Waals surface area contributed by atoms with Crippen molar-refractivity contribution in [2.45, 2.75) is 50.7 Å². The molecule has 0 aliphatic carbocycles. The molecule has 33 heavy (non-hydrogen) atoms. The molecule has 1 aromatic heterocycles. The number of rotatable bonds is 8. The third-order valence-electron chi connectivity index (χ3n) is 5.69. The number of aromatic nitrogens is 3. The van der Waals surface area contributed by atoms with Gasteiger partial charge in [-0.2, -0.15) is 5.10 Å². The number of aliphatic hydroxyl groups excluding tert-OH is 1. The highest BCUT2D eigenvalue weighted by molar-refractivity contribution is 7.99. The number of aliphatic hydroxyl groups is 1. The van der Waals surface area contributed by atoms with E-state index in [0.717, 1.165) is 27.4 Å². The fraction of sp³-hybridized carbons (Fsp3) is 0.375. The molecule has 3 N–H and O–H groups in total. The molecule has 4 atom stereocenters. The van der Waals surface area contributed by atoms with Crippen molar-refractivity contribution < 1.29 is 19.4 Å². The van der Waals surface area contributed by atoms with Crippen molar-refractivity contribution in [2.75, 3.05) is 5.75 Å². The van der Waals surface area contributed by atoms with Gasteiger partial charge in [0.05, 0.1) is 18.8 Å². The van der Waals surface area contributed by atoms with Crippen LogP contribution in [0.5, 0.6) is 0 Å². The van der Waals surface area contributed by atoms with Crippen LogP contribution in [0.15, 0.2) is 60.0 Å². The highest BCUT2D eigenvalue weighted by Crippen LogP contribution is 2.42. The Hall–Kier alpha value is -2.72. The monoisotopic (exact) mass is 468 g/mol. The molecule has 0 spiro atoms. The number of aromatic amines is 1. The van der Waals surface area contributed by atoms with E-state index in [2.05, 4.69) is 27.4 Å². The Kier molecular flexibility index (Phi) is 7.77. The van der Waals surface area contributed by atoms with E-state index in [9.17, 15) is 9.90 Å². The highest BCUT2D eigenvalue weighted by Gasteiger charge is 2.38. The van der Waals surface area contributed by atoms with E-state index in [1.54, 1.807) is 11.8 Å². The second-order valence-electron chi connectivity index (χ2n) is 8.07. The van der Waals surface area contributed by atoms with Crippen LogP contribution in [0.2, 0.25) is 0 Å². The summed E-state index contributed by atoms with van der Waals surface area (Å²) in [5.74, 6) is 0.729. The van der Waals surface area contributed by atoms with Crippen molar-refractivity contribution >= 4 is 17.7 Å². The average Bonchev–Trinajstić information content (AvgIpc) is 3.36. The molecule has 4 rings (SSSR count). The van der Waals surface area contributed by atoms with Gasteiger partial charge in [0.25, 0.3) is 0 Å².